The van der Waals surface area contributed by atoms with Crippen molar-refractivity contribution in [3.63, 3.8) is 0 Å². The topological polar surface area (TPSA) is 33.5 Å². The highest BCUT2D eigenvalue weighted by molar-refractivity contribution is 5.75. The Hall–Kier alpha value is -3.38. The molecule has 31 heavy (non-hydrogen) atoms. The lowest BCUT2D eigenvalue weighted by Gasteiger charge is -2.36. The van der Waals surface area contributed by atoms with Crippen molar-refractivity contribution in [2.24, 2.45) is 0 Å². The molecule has 2 heterocycles. The largest absolute Gasteiger partial charge is 0.486 e. The predicted octanol–water partition coefficient (Wildman–Crippen LogP) is 4.53. The Morgan fingerprint density at radius 3 is 2.32 bits per heavy atom. The van der Waals surface area contributed by atoms with Crippen LogP contribution in [0.5, 0.6) is 5.75 Å². The average Bonchev–Trinajstić information content (AvgIpc) is 3.17. The van der Waals surface area contributed by atoms with Crippen LogP contribution in [-0.4, -0.2) is 40.6 Å². The fourth-order valence-corrected chi connectivity index (χ4v) is 4.10. The van der Waals surface area contributed by atoms with Crippen LogP contribution < -0.4 is 9.64 Å². The van der Waals surface area contributed by atoms with Gasteiger partial charge in [-0.3, -0.25) is 4.90 Å². The quantitative estimate of drug-likeness (QED) is 0.462. The molecule has 0 saturated carbocycles. The lowest BCUT2D eigenvalue weighted by molar-refractivity contribution is 0.198. The summed E-state index contributed by atoms with van der Waals surface area (Å²) in [4.78, 5) is 9.33. The third-order valence-electron chi connectivity index (χ3n) is 5.75. The maximum atomic E-state index is 14.1. The van der Waals surface area contributed by atoms with E-state index in [1.807, 2.05) is 60.7 Å². The third kappa shape index (κ3) is 4.25. The SMILES string of the molecule is Fc1ccccc1N1CCN(Cn2c(COc3ccccc3)nc3ccccc32)CC1. The van der Waals surface area contributed by atoms with Gasteiger partial charge in [-0.1, -0.05) is 42.5 Å². The summed E-state index contributed by atoms with van der Waals surface area (Å²) in [6.45, 7) is 4.46. The number of para-hydroxylation sites is 4. The van der Waals surface area contributed by atoms with Gasteiger partial charge in [-0.2, -0.15) is 0 Å². The van der Waals surface area contributed by atoms with Crippen LogP contribution in [0, 0.1) is 5.82 Å². The van der Waals surface area contributed by atoms with E-state index in [-0.39, 0.29) is 5.82 Å². The van der Waals surface area contributed by atoms with E-state index < -0.39 is 0 Å². The molecule has 1 fully saturated rings. The molecular formula is C25H25FN4O. The van der Waals surface area contributed by atoms with Gasteiger partial charge in [-0.25, -0.2) is 9.37 Å². The summed E-state index contributed by atoms with van der Waals surface area (Å²) in [5, 5.41) is 0. The second-order valence-electron chi connectivity index (χ2n) is 7.74. The van der Waals surface area contributed by atoms with E-state index in [0.29, 0.717) is 12.3 Å². The lowest BCUT2D eigenvalue weighted by Crippen LogP contribution is -2.47. The van der Waals surface area contributed by atoms with Crippen LogP contribution in [0.3, 0.4) is 0 Å². The summed E-state index contributed by atoms with van der Waals surface area (Å²) in [7, 11) is 0. The molecule has 0 N–H and O–H groups in total. The van der Waals surface area contributed by atoms with Gasteiger partial charge in [-0.15, -0.1) is 0 Å². The number of hydrogen-bond donors (Lipinski definition) is 0. The van der Waals surface area contributed by atoms with Crippen LogP contribution in [0.1, 0.15) is 5.82 Å². The number of anilines is 1. The van der Waals surface area contributed by atoms with Crippen molar-refractivity contribution in [3.05, 3.63) is 90.5 Å². The van der Waals surface area contributed by atoms with Crippen LogP contribution in [0.15, 0.2) is 78.9 Å². The summed E-state index contributed by atoms with van der Waals surface area (Å²) >= 11 is 0. The zero-order valence-corrected chi connectivity index (χ0v) is 17.3. The molecule has 158 valence electrons. The summed E-state index contributed by atoms with van der Waals surface area (Å²) in [5.74, 6) is 1.58. The number of imidazole rings is 1. The van der Waals surface area contributed by atoms with E-state index in [9.17, 15) is 4.39 Å². The van der Waals surface area contributed by atoms with Gasteiger partial charge < -0.3 is 14.2 Å². The van der Waals surface area contributed by atoms with Gasteiger partial charge in [0, 0.05) is 26.2 Å². The van der Waals surface area contributed by atoms with Gasteiger partial charge >= 0.3 is 0 Å². The van der Waals surface area contributed by atoms with Crippen LogP contribution in [0.4, 0.5) is 10.1 Å². The van der Waals surface area contributed by atoms with Crippen molar-refractivity contribution in [1.29, 1.82) is 0 Å². The minimum Gasteiger partial charge on any atom is -0.486 e. The Morgan fingerprint density at radius 2 is 1.52 bits per heavy atom. The first-order valence-electron chi connectivity index (χ1n) is 10.6. The summed E-state index contributed by atoms with van der Waals surface area (Å²) < 4.78 is 22.4. The molecule has 4 aromatic rings. The predicted molar refractivity (Wildman–Crippen MR) is 121 cm³/mol. The first-order valence-corrected chi connectivity index (χ1v) is 10.6. The molecule has 6 heteroatoms. The van der Waals surface area contributed by atoms with Crippen molar-refractivity contribution in [2.45, 2.75) is 13.3 Å². The van der Waals surface area contributed by atoms with E-state index in [4.69, 9.17) is 9.72 Å². The zero-order valence-electron chi connectivity index (χ0n) is 17.3. The normalized spacial score (nSPS) is 14.8. The molecule has 0 atom stereocenters. The molecule has 1 aliphatic rings. The molecule has 0 bridgehead atoms. The van der Waals surface area contributed by atoms with Gasteiger partial charge in [0.1, 0.15) is 24.0 Å². The number of halogens is 1. The highest BCUT2D eigenvalue weighted by Crippen LogP contribution is 2.22. The maximum absolute atomic E-state index is 14.1. The van der Waals surface area contributed by atoms with Gasteiger partial charge in [0.15, 0.2) is 0 Å². The fourth-order valence-electron chi connectivity index (χ4n) is 4.10. The number of piperazine rings is 1. The van der Waals surface area contributed by atoms with E-state index in [1.165, 1.54) is 6.07 Å². The standard InChI is InChI=1S/C25H25FN4O/c26-21-10-4-6-12-23(21)29-16-14-28(15-17-29)19-30-24-13-7-5-11-22(24)27-25(30)18-31-20-8-2-1-3-9-20/h1-13H,14-19H2. The van der Waals surface area contributed by atoms with Crippen molar-refractivity contribution < 1.29 is 9.13 Å². The van der Waals surface area contributed by atoms with Crippen LogP contribution in [0.2, 0.25) is 0 Å². The molecule has 0 radical (unpaired) electrons. The molecule has 5 nitrogen and oxygen atoms in total. The first-order chi connectivity index (χ1) is 15.3. The smallest absolute Gasteiger partial charge is 0.149 e. The Labute approximate surface area is 181 Å². The van der Waals surface area contributed by atoms with Crippen LogP contribution in [0.25, 0.3) is 11.0 Å². The Morgan fingerprint density at radius 1 is 0.806 bits per heavy atom. The monoisotopic (exact) mass is 416 g/mol. The second kappa shape index (κ2) is 8.78. The van der Waals surface area contributed by atoms with Crippen molar-refractivity contribution in [1.82, 2.24) is 14.5 Å². The van der Waals surface area contributed by atoms with Crippen molar-refractivity contribution in [2.75, 3.05) is 31.1 Å². The van der Waals surface area contributed by atoms with Gasteiger partial charge in [0.25, 0.3) is 0 Å². The van der Waals surface area contributed by atoms with Gasteiger partial charge in [-0.05, 0) is 36.4 Å². The molecule has 0 unspecified atom stereocenters. The maximum Gasteiger partial charge on any atom is 0.149 e. The minimum absolute atomic E-state index is 0.156. The number of rotatable bonds is 6. The molecule has 0 spiro atoms. The molecule has 0 amide bonds. The summed E-state index contributed by atoms with van der Waals surface area (Å²) in [6.07, 6.45) is 0. The zero-order chi connectivity index (χ0) is 21.0. The molecule has 1 saturated heterocycles. The van der Waals surface area contributed by atoms with E-state index >= 15 is 0 Å². The van der Waals surface area contributed by atoms with E-state index in [2.05, 4.69) is 20.4 Å². The number of fused-ring (bicyclic) bond motifs is 1. The molecular weight excluding hydrogens is 391 g/mol. The van der Waals surface area contributed by atoms with E-state index in [1.54, 1.807) is 6.07 Å². The lowest BCUT2D eigenvalue weighted by atomic mass is 10.2. The molecule has 1 aromatic heterocycles. The molecule has 3 aromatic carbocycles. The molecule has 0 aliphatic carbocycles. The van der Waals surface area contributed by atoms with Crippen LogP contribution >= 0.6 is 0 Å². The van der Waals surface area contributed by atoms with E-state index in [0.717, 1.165) is 55.5 Å². The fraction of sp³-hybridized carbons (Fsp3) is 0.240. The molecule has 5 rings (SSSR count). The van der Waals surface area contributed by atoms with Crippen molar-refractivity contribution >= 4 is 16.7 Å². The second-order valence-corrected chi connectivity index (χ2v) is 7.74. The first kappa shape index (κ1) is 19.6. The van der Waals surface area contributed by atoms with Gasteiger partial charge in [0.05, 0.1) is 23.4 Å². The van der Waals surface area contributed by atoms with Crippen LogP contribution in [-0.2, 0) is 13.3 Å². The minimum atomic E-state index is -0.156. The Balaban J connectivity index is 1.31. The summed E-state index contributed by atoms with van der Waals surface area (Å²) in [5.41, 5.74) is 2.76. The Kier molecular flexibility index (Phi) is 5.54. The average molecular weight is 417 g/mol. The number of ether oxygens (including phenoxy) is 1. The number of benzene rings is 3. The Bertz CT molecular complexity index is 1150. The number of hydrogen-bond acceptors (Lipinski definition) is 4. The number of nitrogens with zero attached hydrogens (tertiary/aromatic N) is 4. The summed E-state index contributed by atoms with van der Waals surface area (Å²) in [6, 6.07) is 25.0. The third-order valence-corrected chi connectivity index (χ3v) is 5.75. The highest BCUT2D eigenvalue weighted by Gasteiger charge is 2.21. The van der Waals surface area contributed by atoms with Gasteiger partial charge in [0.2, 0.25) is 0 Å². The number of aromatic nitrogens is 2. The highest BCUT2D eigenvalue weighted by atomic mass is 19.1. The van der Waals surface area contributed by atoms with Crippen molar-refractivity contribution in [3.8, 4) is 5.75 Å². The molecule has 1 aliphatic heterocycles.